The third kappa shape index (κ3) is 2.54. The van der Waals surface area contributed by atoms with Crippen molar-refractivity contribution in [2.45, 2.75) is 19.8 Å². The molecule has 3 rings (SSSR count). The first-order chi connectivity index (χ1) is 10.1. The Morgan fingerprint density at radius 3 is 2.67 bits per heavy atom. The number of carboxylic acid groups (broad SMARTS) is 1. The molecule has 4 heteroatoms. The molecule has 1 N–H and O–H groups in total. The fourth-order valence-electron chi connectivity index (χ4n) is 2.33. The highest BCUT2D eigenvalue weighted by molar-refractivity contribution is 7.13. The van der Waals surface area contributed by atoms with Crippen LogP contribution in [-0.4, -0.2) is 16.1 Å². The van der Waals surface area contributed by atoms with E-state index in [1.54, 1.807) is 17.4 Å². The summed E-state index contributed by atoms with van der Waals surface area (Å²) in [4.78, 5) is 17.2. The number of hydrogen-bond acceptors (Lipinski definition) is 3. The highest BCUT2D eigenvalue weighted by atomic mass is 32.1. The molecule has 0 aliphatic rings. The Morgan fingerprint density at radius 2 is 2.05 bits per heavy atom. The molecule has 21 heavy (non-hydrogen) atoms. The Balaban J connectivity index is 2.28. The lowest BCUT2D eigenvalue weighted by atomic mass is 9.98. The van der Waals surface area contributed by atoms with E-state index in [9.17, 15) is 9.90 Å². The van der Waals surface area contributed by atoms with Gasteiger partial charge in [-0.25, -0.2) is 9.78 Å². The molecular weight excluding hydrogens is 282 g/mol. The number of carboxylic acids is 1. The van der Waals surface area contributed by atoms with Crippen molar-refractivity contribution in [1.29, 1.82) is 0 Å². The first-order valence-electron chi connectivity index (χ1n) is 6.78. The van der Waals surface area contributed by atoms with Crippen LogP contribution in [0.3, 0.4) is 0 Å². The summed E-state index contributed by atoms with van der Waals surface area (Å²) in [6.45, 7) is 4.18. The minimum atomic E-state index is -0.916. The average Bonchev–Trinajstić information content (AvgIpc) is 2.99. The van der Waals surface area contributed by atoms with Gasteiger partial charge in [-0.3, -0.25) is 0 Å². The van der Waals surface area contributed by atoms with Gasteiger partial charge in [0.2, 0.25) is 0 Å². The van der Waals surface area contributed by atoms with Crippen molar-refractivity contribution in [3.63, 3.8) is 0 Å². The van der Waals surface area contributed by atoms with Gasteiger partial charge in [0, 0.05) is 5.39 Å². The maximum absolute atomic E-state index is 11.6. The molecule has 2 aromatic heterocycles. The van der Waals surface area contributed by atoms with E-state index in [4.69, 9.17) is 0 Å². The second-order valence-corrected chi connectivity index (χ2v) is 6.22. The number of fused-ring (bicyclic) bond motifs is 1. The van der Waals surface area contributed by atoms with Crippen LogP contribution in [0.1, 0.15) is 35.7 Å². The number of benzene rings is 1. The van der Waals surface area contributed by atoms with Crippen molar-refractivity contribution in [2.24, 2.45) is 0 Å². The largest absolute Gasteiger partial charge is 0.478 e. The van der Waals surface area contributed by atoms with Crippen molar-refractivity contribution in [3.05, 3.63) is 52.9 Å². The second-order valence-electron chi connectivity index (χ2n) is 5.27. The number of aromatic carboxylic acids is 1. The van der Waals surface area contributed by atoms with Crippen LogP contribution in [0.5, 0.6) is 0 Å². The van der Waals surface area contributed by atoms with Crippen LogP contribution in [0.4, 0.5) is 0 Å². The number of carbonyl (C=O) groups is 1. The normalized spacial score (nSPS) is 11.2. The van der Waals surface area contributed by atoms with Crippen LogP contribution in [0, 0.1) is 0 Å². The number of thiophene rings is 1. The van der Waals surface area contributed by atoms with Gasteiger partial charge >= 0.3 is 5.97 Å². The molecule has 0 aliphatic carbocycles. The van der Waals surface area contributed by atoms with Gasteiger partial charge in [-0.05, 0) is 41.1 Å². The van der Waals surface area contributed by atoms with Gasteiger partial charge in [-0.1, -0.05) is 26.0 Å². The summed E-state index contributed by atoms with van der Waals surface area (Å²) in [5.74, 6) is -0.561. The van der Waals surface area contributed by atoms with E-state index in [2.05, 4.69) is 18.8 Å². The molecule has 106 valence electrons. The number of pyridine rings is 1. The van der Waals surface area contributed by atoms with Crippen molar-refractivity contribution >= 4 is 28.2 Å². The fraction of sp³-hybridized carbons (Fsp3) is 0.176. The Bertz CT molecular complexity index is 807. The maximum Gasteiger partial charge on any atom is 0.336 e. The number of aromatic nitrogens is 1. The predicted octanol–water partition coefficient (Wildman–Crippen LogP) is 4.78. The van der Waals surface area contributed by atoms with E-state index in [0.717, 1.165) is 16.0 Å². The first-order valence-corrected chi connectivity index (χ1v) is 7.66. The molecule has 0 bridgehead atoms. The zero-order chi connectivity index (χ0) is 15.0. The van der Waals surface area contributed by atoms with Crippen molar-refractivity contribution in [1.82, 2.24) is 4.98 Å². The van der Waals surface area contributed by atoms with Crippen LogP contribution < -0.4 is 0 Å². The average molecular weight is 297 g/mol. The summed E-state index contributed by atoms with van der Waals surface area (Å²) in [6, 6.07) is 11.4. The molecule has 0 amide bonds. The lowest BCUT2D eigenvalue weighted by molar-refractivity contribution is 0.0699. The lowest BCUT2D eigenvalue weighted by Gasteiger charge is -2.10. The standard InChI is InChI=1S/C17H15NO2S/c1-10(2)11-5-6-14-12(8-11)13(17(19)20)9-15(18-14)16-4-3-7-21-16/h3-10H,1-2H3,(H,19,20). The molecule has 1 aromatic carbocycles. The molecule has 3 aromatic rings. The first kappa shape index (κ1) is 13.8. The summed E-state index contributed by atoms with van der Waals surface area (Å²) in [6.07, 6.45) is 0. The van der Waals surface area contributed by atoms with Crippen molar-refractivity contribution in [2.75, 3.05) is 0 Å². The van der Waals surface area contributed by atoms with Gasteiger partial charge in [0.25, 0.3) is 0 Å². The quantitative estimate of drug-likeness (QED) is 0.756. The fourth-order valence-corrected chi connectivity index (χ4v) is 3.02. The highest BCUT2D eigenvalue weighted by Crippen LogP contribution is 2.29. The Kier molecular flexibility index (Phi) is 3.47. The summed E-state index contributed by atoms with van der Waals surface area (Å²) in [5, 5.41) is 12.2. The monoisotopic (exact) mass is 297 g/mol. The smallest absolute Gasteiger partial charge is 0.336 e. The lowest BCUT2D eigenvalue weighted by Crippen LogP contribution is -2.01. The topological polar surface area (TPSA) is 50.2 Å². The molecular formula is C17H15NO2S. The zero-order valence-electron chi connectivity index (χ0n) is 11.8. The van der Waals surface area contributed by atoms with Gasteiger partial charge in [-0.15, -0.1) is 11.3 Å². The van der Waals surface area contributed by atoms with Gasteiger partial charge < -0.3 is 5.11 Å². The Hall–Kier alpha value is -2.20. The van der Waals surface area contributed by atoms with E-state index in [1.807, 2.05) is 35.7 Å². The van der Waals surface area contributed by atoms with Crippen LogP contribution >= 0.6 is 11.3 Å². The van der Waals surface area contributed by atoms with Gasteiger partial charge in [-0.2, -0.15) is 0 Å². The summed E-state index contributed by atoms with van der Waals surface area (Å²) in [7, 11) is 0. The highest BCUT2D eigenvalue weighted by Gasteiger charge is 2.14. The molecule has 0 radical (unpaired) electrons. The molecule has 0 aliphatic heterocycles. The molecule has 0 spiro atoms. The van der Waals surface area contributed by atoms with E-state index in [1.165, 1.54) is 0 Å². The van der Waals surface area contributed by atoms with Crippen molar-refractivity contribution in [3.8, 4) is 10.6 Å². The molecule has 0 saturated heterocycles. The van der Waals surface area contributed by atoms with E-state index < -0.39 is 5.97 Å². The van der Waals surface area contributed by atoms with Gasteiger partial charge in [0.05, 0.1) is 21.7 Å². The summed E-state index contributed by atoms with van der Waals surface area (Å²) < 4.78 is 0. The number of nitrogens with zero attached hydrogens (tertiary/aromatic N) is 1. The maximum atomic E-state index is 11.6. The molecule has 0 fully saturated rings. The van der Waals surface area contributed by atoms with Crippen LogP contribution in [0.2, 0.25) is 0 Å². The minimum absolute atomic E-state index is 0.311. The Labute approximate surface area is 126 Å². The van der Waals surface area contributed by atoms with E-state index >= 15 is 0 Å². The van der Waals surface area contributed by atoms with E-state index in [-0.39, 0.29) is 0 Å². The third-order valence-electron chi connectivity index (χ3n) is 3.50. The van der Waals surface area contributed by atoms with Crippen LogP contribution in [0.25, 0.3) is 21.5 Å². The predicted molar refractivity (Wildman–Crippen MR) is 86.1 cm³/mol. The molecule has 0 unspecified atom stereocenters. The SMILES string of the molecule is CC(C)c1ccc2nc(-c3cccs3)cc(C(=O)O)c2c1. The molecule has 3 nitrogen and oxygen atoms in total. The molecule has 0 saturated carbocycles. The summed E-state index contributed by atoms with van der Waals surface area (Å²) >= 11 is 1.56. The third-order valence-corrected chi connectivity index (χ3v) is 4.40. The van der Waals surface area contributed by atoms with E-state index in [0.29, 0.717) is 22.6 Å². The number of hydrogen-bond donors (Lipinski definition) is 1. The summed E-state index contributed by atoms with van der Waals surface area (Å²) in [5.41, 5.74) is 2.87. The van der Waals surface area contributed by atoms with Gasteiger partial charge in [0.15, 0.2) is 0 Å². The molecule has 2 heterocycles. The van der Waals surface area contributed by atoms with Crippen LogP contribution in [0.15, 0.2) is 41.8 Å². The zero-order valence-corrected chi connectivity index (χ0v) is 12.6. The van der Waals surface area contributed by atoms with Crippen LogP contribution in [-0.2, 0) is 0 Å². The Morgan fingerprint density at radius 1 is 1.24 bits per heavy atom. The number of rotatable bonds is 3. The molecule has 0 atom stereocenters. The van der Waals surface area contributed by atoms with Gasteiger partial charge in [0.1, 0.15) is 0 Å². The minimum Gasteiger partial charge on any atom is -0.478 e. The van der Waals surface area contributed by atoms with Crippen molar-refractivity contribution < 1.29 is 9.90 Å². The second kappa shape index (κ2) is 5.30.